The molecule has 0 fully saturated rings. The van der Waals surface area contributed by atoms with Crippen molar-refractivity contribution in [3.05, 3.63) is 45.5 Å². The first-order valence-electron chi connectivity index (χ1n) is 7.65. The topological polar surface area (TPSA) is 97.8 Å². The summed E-state index contributed by atoms with van der Waals surface area (Å²) in [6.45, 7) is 2.09. The van der Waals surface area contributed by atoms with Crippen molar-refractivity contribution in [2.24, 2.45) is 4.99 Å². The maximum atomic E-state index is 11.4. The number of aromatic hydroxyl groups is 1. The molecule has 134 valence electrons. The summed E-state index contributed by atoms with van der Waals surface area (Å²) in [5, 5.41) is 12.1. The van der Waals surface area contributed by atoms with E-state index in [0.717, 1.165) is 10.0 Å². The van der Waals surface area contributed by atoms with E-state index in [1.165, 1.54) is 17.6 Å². The van der Waals surface area contributed by atoms with Gasteiger partial charge < -0.3 is 14.3 Å². The van der Waals surface area contributed by atoms with Gasteiger partial charge in [0.05, 0.1) is 24.9 Å². The quantitative estimate of drug-likeness (QED) is 0.461. The van der Waals surface area contributed by atoms with Crippen molar-refractivity contribution < 1.29 is 19.1 Å². The number of thiazole rings is 1. The number of carbonyl (C=O) groups excluding carboxylic acids is 1. The number of benzene rings is 1. The first-order valence-corrected chi connectivity index (χ1v) is 9.32. The average molecular weight is 436 g/mol. The Morgan fingerprint density at radius 1 is 1.38 bits per heavy atom. The van der Waals surface area contributed by atoms with E-state index in [0.29, 0.717) is 23.3 Å². The van der Waals surface area contributed by atoms with Gasteiger partial charge in [0, 0.05) is 15.4 Å². The molecule has 26 heavy (non-hydrogen) atoms. The fourth-order valence-electron chi connectivity index (χ4n) is 2.04. The number of hydrogen-bond acceptors (Lipinski definition) is 8. The number of hydrogen-bond donors (Lipinski definition) is 1. The molecule has 0 saturated carbocycles. The third-order valence-electron chi connectivity index (χ3n) is 3.19. The lowest BCUT2D eigenvalue weighted by atomic mass is 10.2. The second-order valence-electron chi connectivity index (χ2n) is 5.08. The molecule has 2 aromatic heterocycles. The number of aromatic nitrogens is 2. The van der Waals surface area contributed by atoms with E-state index in [2.05, 4.69) is 30.9 Å². The van der Waals surface area contributed by atoms with E-state index in [1.807, 2.05) is 24.3 Å². The van der Waals surface area contributed by atoms with Gasteiger partial charge in [-0.3, -0.25) is 4.79 Å². The lowest BCUT2D eigenvalue weighted by molar-refractivity contribution is -0.142. The Bertz CT molecular complexity index is 934. The summed E-state index contributed by atoms with van der Waals surface area (Å²) >= 11 is 4.63. The Hall–Kier alpha value is -2.52. The van der Waals surface area contributed by atoms with E-state index >= 15 is 0 Å². The van der Waals surface area contributed by atoms with Gasteiger partial charge in [0.25, 0.3) is 0 Å². The molecule has 7 nitrogen and oxygen atoms in total. The SMILES string of the molecule is CCOC(=O)Cc1csc(N=Cc2nc(-c3ccc(Br)cc3)oc2O)n1. The van der Waals surface area contributed by atoms with Gasteiger partial charge in [0.1, 0.15) is 0 Å². The molecule has 3 rings (SSSR count). The van der Waals surface area contributed by atoms with E-state index in [4.69, 9.17) is 9.15 Å². The van der Waals surface area contributed by atoms with Crippen LogP contribution < -0.4 is 0 Å². The van der Waals surface area contributed by atoms with Crippen molar-refractivity contribution in [1.29, 1.82) is 0 Å². The maximum absolute atomic E-state index is 11.4. The number of esters is 1. The van der Waals surface area contributed by atoms with Crippen LogP contribution in [0.25, 0.3) is 11.5 Å². The zero-order valence-corrected chi connectivity index (χ0v) is 16.1. The number of halogens is 1. The van der Waals surface area contributed by atoms with Gasteiger partial charge in [-0.25, -0.2) is 15.0 Å². The predicted molar refractivity (Wildman–Crippen MR) is 101 cm³/mol. The van der Waals surface area contributed by atoms with Crippen LogP contribution in [0.15, 0.2) is 43.5 Å². The Kier molecular flexibility index (Phi) is 5.79. The molecule has 0 radical (unpaired) electrons. The summed E-state index contributed by atoms with van der Waals surface area (Å²) in [7, 11) is 0. The van der Waals surface area contributed by atoms with Crippen LogP contribution in [-0.4, -0.2) is 33.9 Å². The van der Waals surface area contributed by atoms with Crippen molar-refractivity contribution in [3.8, 4) is 17.4 Å². The molecule has 1 N–H and O–H groups in total. The highest BCUT2D eigenvalue weighted by Gasteiger charge is 2.13. The lowest BCUT2D eigenvalue weighted by Crippen LogP contribution is -2.07. The molecule has 0 amide bonds. The van der Waals surface area contributed by atoms with Gasteiger partial charge in [-0.1, -0.05) is 15.9 Å². The highest BCUT2D eigenvalue weighted by molar-refractivity contribution is 9.10. The number of aliphatic imine (C=N–C) groups is 1. The van der Waals surface area contributed by atoms with Gasteiger partial charge >= 0.3 is 11.9 Å². The van der Waals surface area contributed by atoms with Gasteiger partial charge in [0.15, 0.2) is 5.69 Å². The lowest BCUT2D eigenvalue weighted by Gasteiger charge is -1.97. The summed E-state index contributed by atoms with van der Waals surface area (Å²) in [5.41, 5.74) is 1.51. The van der Waals surface area contributed by atoms with Crippen LogP contribution in [0.1, 0.15) is 18.3 Å². The number of ether oxygens (including phenoxy) is 1. The molecule has 1 aromatic carbocycles. The average Bonchev–Trinajstić information content (AvgIpc) is 3.20. The molecule has 2 heterocycles. The molecule has 3 aromatic rings. The van der Waals surface area contributed by atoms with Crippen LogP contribution in [0.4, 0.5) is 5.13 Å². The van der Waals surface area contributed by atoms with Crippen molar-refractivity contribution in [3.63, 3.8) is 0 Å². The normalized spacial score (nSPS) is 11.2. The standard InChI is InChI=1S/C17H14BrN3O4S/c1-2-24-14(22)7-12-9-26-17(20-12)19-8-13-16(23)25-15(21-13)10-3-5-11(18)6-4-10/h3-6,8-9,23H,2,7H2,1H3. The molecule has 0 aliphatic rings. The molecule has 0 saturated heterocycles. The van der Waals surface area contributed by atoms with Crippen LogP contribution >= 0.6 is 27.3 Å². The van der Waals surface area contributed by atoms with Crippen molar-refractivity contribution >= 4 is 44.6 Å². The van der Waals surface area contributed by atoms with Gasteiger partial charge in [-0.05, 0) is 31.2 Å². The van der Waals surface area contributed by atoms with E-state index in [-0.39, 0.29) is 24.0 Å². The largest absolute Gasteiger partial charge is 0.479 e. The molecule has 0 aliphatic heterocycles. The number of rotatable bonds is 6. The number of carbonyl (C=O) groups is 1. The Morgan fingerprint density at radius 2 is 2.15 bits per heavy atom. The number of oxazole rings is 1. The Labute approximate surface area is 161 Å². The third kappa shape index (κ3) is 4.55. The van der Waals surface area contributed by atoms with Crippen LogP contribution in [0.2, 0.25) is 0 Å². The molecule has 0 spiro atoms. The highest BCUT2D eigenvalue weighted by atomic mass is 79.9. The summed E-state index contributed by atoms with van der Waals surface area (Å²) in [6, 6.07) is 7.34. The van der Waals surface area contributed by atoms with Crippen LogP contribution in [0, 0.1) is 0 Å². The molecule has 0 aliphatic carbocycles. The summed E-state index contributed by atoms with van der Waals surface area (Å²) in [4.78, 5) is 24.1. The second-order valence-corrected chi connectivity index (χ2v) is 6.83. The zero-order valence-electron chi connectivity index (χ0n) is 13.7. The van der Waals surface area contributed by atoms with Crippen LogP contribution in [0.5, 0.6) is 5.95 Å². The summed E-state index contributed by atoms with van der Waals surface area (Å²) in [6.07, 6.45) is 1.47. The fraction of sp³-hybridized carbons (Fsp3) is 0.176. The van der Waals surface area contributed by atoms with Gasteiger partial charge in [-0.15, -0.1) is 11.3 Å². The molecular formula is C17H14BrN3O4S. The minimum atomic E-state index is -0.332. The maximum Gasteiger partial charge on any atom is 0.312 e. The molecule has 0 atom stereocenters. The van der Waals surface area contributed by atoms with Crippen LogP contribution in [-0.2, 0) is 16.0 Å². The van der Waals surface area contributed by atoms with E-state index in [1.54, 1.807) is 12.3 Å². The Balaban J connectivity index is 1.72. The predicted octanol–water partition coefficient (Wildman–Crippen LogP) is 4.12. The summed E-state index contributed by atoms with van der Waals surface area (Å²) in [5.74, 6) is -0.366. The van der Waals surface area contributed by atoms with Crippen LogP contribution in [0.3, 0.4) is 0 Å². The fourth-order valence-corrected chi connectivity index (χ4v) is 2.96. The zero-order chi connectivity index (χ0) is 18.5. The second kappa shape index (κ2) is 8.24. The number of nitrogens with zero attached hydrogens (tertiary/aromatic N) is 3. The molecular weight excluding hydrogens is 422 g/mol. The monoisotopic (exact) mass is 435 g/mol. The third-order valence-corrected chi connectivity index (χ3v) is 4.52. The van der Waals surface area contributed by atoms with Crippen molar-refractivity contribution in [2.75, 3.05) is 6.61 Å². The minimum absolute atomic E-state index is 0.1000. The van der Waals surface area contributed by atoms with E-state index in [9.17, 15) is 9.90 Å². The summed E-state index contributed by atoms with van der Waals surface area (Å²) < 4.78 is 11.1. The molecule has 0 unspecified atom stereocenters. The molecule has 0 bridgehead atoms. The van der Waals surface area contributed by atoms with Crippen molar-refractivity contribution in [2.45, 2.75) is 13.3 Å². The highest BCUT2D eigenvalue weighted by Crippen LogP contribution is 2.27. The van der Waals surface area contributed by atoms with Gasteiger partial charge in [-0.2, -0.15) is 0 Å². The molecule has 9 heteroatoms. The first kappa shape index (κ1) is 18.3. The Morgan fingerprint density at radius 3 is 2.88 bits per heavy atom. The first-order chi connectivity index (χ1) is 12.5. The smallest absolute Gasteiger partial charge is 0.312 e. The van der Waals surface area contributed by atoms with E-state index < -0.39 is 0 Å². The minimum Gasteiger partial charge on any atom is -0.479 e. The van der Waals surface area contributed by atoms with Gasteiger partial charge in [0.2, 0.25) is 11.0 Å². The van der Waals surface area contributed by atoms with Crippen molar-refractivity contribution in [1.82, 2.24) is 9.97 Å².